The molecule has 2 unspecified atom stereocenters. The number of fused-ring (bicyclic) bond motifs is 2. The second-order valence-corrected chi connectivity index (χ2v) is 7.88. The number of ether oxygens (including phenoxy) is 2. The van der Waals surface area contributed by atoms with Crippen molar-refractivity contribution in [2.75, 3.05) is 25.1 Å². The topological polar surface area (TPSA) is 78.3 Å². The monoisotopic (exact) mass is 360 g/mol. The Hall–Kier alpha value is -1.77. The number of aryl methyl sites for hydroxylation is 2. The predicted octanol–water partition coefficient (Wildman–Crippen LogP) is 1.31. The highest BCUT2D eigenvalue weighted by atomic mass is 32.1. The first-order valence-electron chi connectivity index (χ1n) is 8.80. The molecular formula is C17H20N4O3S. The van der Waals surface area contributed by atoms with Crippen LogP contribution in [-0.4, -0.2) is 40.6 Å². The van der Waals surface area contributed by atoms with Gasteiger partial charge in [0.15, 0.2) is 5.13 Å². The van der Waals surface area contributed by atoms with E-state index < -0.39 is 0 Å². The zero-order valence-electron chi connectivity index (χ0n) is 13.9. The number of rotatable bonds is 3. The molecule has 2 aliphatic heterocycles. The van der Waals surface area contributed by atoms with E-state index in [1.807, 2.05) is 0 Å². The van der Waals surface area contributed by atoms with Crippen molar-refractivity contribution in [2.45, 2.75) is 44.4 Å². The summed E-state index contributed by atoms with van der Waals surface area (Å²) >= 11 is 1.63. The summed E-state index contributed by atoms with van der Waals surface area (Å²) in [5.41, 5.74) is 3.27. The fraction of sp³-hybridized carbons (Fsp3) is 0.588. The van der Waals surface area contributed by atoms with Crippen LogP contribution in [0, 0.1) is 0 Å². The van der Waals surface area contributed by atoms with Gasteiger partial charge in [0.1, 0.15) is 6.04 Å². The molecule has 0 bridgehead atoms. The van der Waals surface area contributed by atoms with Crippen LogP contribution in [0.2, 0.25) is 0 Å². The van der Waals surface area contributed by atoms with Crippen LogP contribution in [0.15, 0.2) is 10.9 Å². The van der Waals surface area contributed by atoms with Crippen molar-refractivity contribution in [2.24, 2.45) is 0 Å². The van der Waals surface area contributed by atoms with Crippen molar-refractivity contribution in [1.82, 2.24) is 14.8 Å². The fourth-order valence-electron chi connectivity index (χ4n) is 3.82. The molecule has 2 aromatic rings. The van der Waals surface area contributed by atoms with Gasteiger partial charge in [-0.2, -0.15) is 5.10 Å². The molecule has 2 aromatic heterocycles. The summed E-state index contributed by atoms with van der Waals surface area (Å²) in [6.07, 6.45) is 3.87. The van der Waals surface area contributed by atoms with E-state index in [4.69, 9.17) is 9.47 Å². The zero-order valence-corrected chi connectivity index (χ0v) is 14.7. The number of nitrogens with one attached hydrogen (secondary N) is 1. The number of thiazole rings is 1. The predicted molar refractivity (Wildman–Crippen MR) is 93.3 cm³/mol. The highest BCUT2D eigenvalue weighted by Gasteiger charge is 2.33. The molecule has 1 saturated heterocycles. The Labute approximate surface area is 149 Å². The van der Waals surface area contributed by atoms with E-state index in [1.54, 1.807) is 22.1 Å². The molecule has 25 heavy (non-hydrogen) atoms. The van der Waals surface area contributed by atoms with Crippen LogP contribution >= 0.6 is 11.3 Å². The minimum Gasteiger partial charge on any atom is -0.377 e. The van der Waals surface area contributed by atoms with Crippen LogP contribution in [0.3, 0.4) is 0 Å². The lowest BCUT2D eigenvalue weighted by atomic mass is 10.1. The molecular weight excluding hydrogens is 340 g/mol. The quantitative estimate of drug-likeness (QED) is 0.889. The van der Waals surface area contributed by atoms with Gasteiger partial charge in [-0.25, -0.2) is 9.67 Å². The van der Waals surface area contributed by atoms with Crippen molar-refractivity contribution in [3.8, 4) is 0 Å². The first-order valence-corrected chi connectivity index (χ1v) is 9.62. The maximum atomic E-state index is 12.5. The van der Waals surface area contributed by atoms with Gasteiger partial charge in [0.05, 0.1) is 48.7 Å². The van der Waals surface area contributed by atoms with Crippen LogP contribution < -0.4 is 10.9 Å². The van der Waals surface area contributed by atoms with E-state index in [0.717, 1.165) is 54.4 Å². The summed E-state index contributed by atoms with van der Waals surface area (Å²) in [6, 6.07) is 1.65. The Morgan fingerprint density at radius 3 is 3.08 bits per heavy atom. The van der Waals surface area contributed by atoms with E-state index in [-0.39, 0.29) is 17.6 Å². The Morgan fingerprint density at radius 1 is 1.20 bits per heavy atom. The molecule has 3 aliphatic rings. The first kappa shape index (κ1) is 15.5. The van der Waals surface area contributed by atoms with E-state index in [2.05, 4.69) is 15.4 Å². The fourth-order valence-corrected chi connectivity index (χ4v) is 4.83. The normalized spacial score (nSPS) is 25.0. The number of anilines is 1. The summed E-state index contributed by atoms with van der Waals surface area (Å²) in [5.74, 6) is 0. The van der Waals surface area contributed by atoms with Crippen LogP contribution in [-0.2, 0) is 35.3 Å². The molecule has 0 amide bonds. The van der Waals surface area contributed by atoms with Gasteiger partial charge in [0.25, 0.3) is 5.56 Å². The molecule has 0 radical (unpaired) electrons. The molecule has 1 aliphatic carbocycles. The first-order chi connectivity index (χ1) is 12.3. The third kappa shape index (κ3) is 2.78. The van der Waals surface area contributed by atoms with E-state index in [1.165, 1.54) is 4.88 Å². The molecule has 5 rings (SSSR count). The summed E-state index contributed by atoms with van der Waals surface area (Å²) in [7, 11) is 0. The molecule has 2 atom stereocenters. The number of nitrogens with zero attached hydrogens (tertiary/aromatic N) is 3. The van der Waals surface area contributed by atoms with Crippen molar-refractivity contribution < 1.29 is 9.47 Å². The maximum Gasteiger partial charge on any atom is 0.267 e. The Kier molecular flexibility index (Phi) is 3.83. The van der Waals surface area contributed by atoms with Gasteiger partial charge >= 0.3 is 0 Å². The van der Waals surface area contributed by atoms with E-state index >= 15 is 0 Å². The minimum absolute atomic E-state index is 0.00169. The molecule has 1 fully saturated rings. The molecule has 1 N–H and O–H groups in total. The molecule has 132 valence electrons. The lowest BCUT2D eigenvalue weighted by Crippen LogP contribution is -2.37. The van der Waals surface area contributed by atoms with Crippen LogP contribution in [0.5, 0.6) is 0 Å². The summed E-state index contributed by atoms with van der Waals surface area (Å²) in [6.45, 7) is 2.43. The maximum absolute atomic E-state index is 12.5. The van der Waals surface area contributed by atoms with Gasteiger partial charge in [0.2, 0.25) is 0 Å². The second kappa shape index (κ2) is 6.19. The van der Waals surface area contributed by atoms with Crippen LogP contribution in [0.25, 0.3) is 0 Å². The van der Waals surface area contributed by atoms with Crippen molar-refractivity contribution >= 4 is 16.5 Å². The standard InChI is InChI=1S/C17H20N4O3S/c22-16-6-10-2-1-3-11(10)20-21(16)14-8-24-7-13(14)19-17-18-12-4-5-23-9-15(12)25-17/h6,13-14H,1-5,7-9H2,(H,18,19). The largest absolute Gasteiger partial charge is 0.377 e. The third-order valence-corrected chi connectivity index (χ3v) is 6.15. The van der Waals surface area contributed by atoms with Crippen molar-refractivity contribution in [3.05, 3.63) is 38.2 Å². The highest BCUT2D eigenvalue weighted by Crippen LogP contribution is 2.30. The summed E-state index contributed by atoms with van der Waals surface area (Å²) in [4.78, 5) is 18.4. The third-order valence-electron chi connectivity index (χ3n) is 5.15. The van der Waals surface area contributed by atoms with Crippen LogP contribution in [0.4, 0.5) is 5.13 Å². The lowest BCUT2D eigenvalue weighted by Gasteiger charge is -2.20. The zero-order chi connectivity index (χ0) is 16.8. The molecule has 0 saturated carbocycles. The van der Waals surface area contributed by atoms with Gasteiger partial charge in [-0.15, -0.1) is 0 Å². The van der Waals surface area contributed by atoms with Gasteiger partial charge in [-0.3, -0.25) is 4.79 Å². The van der Waals surface area contributed by atoms with Gasteiger partial charge < -0.3 is 14.8 Å². The second-order valence-electron chi connectivity index (χ2n) is 6.80. The number of aromatic nitrogens is 3. The van der Waals surface area contributed by atoms with Gasteiger partial charge in [-0.05, 0) is 24.8 Å². The average molecular weight is 360 g/mol. The summed E-state index contributed by atoms with van der Waals surface area (Å²) < 4.78 is 12.8. The Morgan fingerprint density at radius 2 is 2.16 bits per heavy atom. The number of hydrogen-bond donors (Lipinski definition) is 1. The van der Waals surface area contributed by atoms with Crippen LogP contribution in [0.1, 0.15) is 34.3 Å². The Balaban J connectivity index is 1.41. The lowest BCUT2D eigenvalue weighted by molar-refractivity contribution is 0.112. The van der Waals surface area contributed by atoms with E-state index in [0.29, 0.717) is 19.8 Å². The smallest absolute Gasteiger partial charge is 0.267 e. The SMILES string of the molecule is O=c1cc2c(nn1C1COCC1Nc1nc3c(s1)COCC3)CCC2. The van der Waals surface area contributed by atoms with E-state index in [9.17, 15) is 4.79 Å². The number of hydrogen-bond acceptors (Lipinski definition) is 7. The summed E-state index contributed by atoms with van der Waals surface area (Å²) in [5, 5.41) is 8.99. The molecule has 7 nitrogen and oxygen atoms in total. The van der Waals surface area contributed by atoms with Crippen molar-refractivity contribution in [3.63, 3.8) is 0 Å². The van der Waals surface area contributed by atoms with Gasteiger partial charge in [-0.1, -0.05) is 11.3 Å². The minimum atomic E-state index is -0.101. The average Bonchev–Trinajstić information content (AvgIpc) is 3.32. The molecule has 4 heterocycles. The van der Waals surface area contributed by atoms with Crippen molar-refractivity contribution in [1.29, 1.82) is 0 Å². The Bertz CT molecular complexity index is 839. The molecule has 0 aromatic carbocycles. The highest BCUT2D eigenvalue weighted by molar-refractivity contribution is 7.15. The molecule has 0 spiro atoms. The molecule has 8 heteroatoms. The van der Waals surface area contributed by atoms with Gasteiger partial charge in [0, 0.05) is 12.5 Å².